The van der Waals surface area contributed by atoms with Crippen LogP contribution in [0.5, 0.6) is 5.75 Å². The van der Waals surface area contributed by atoms with E-state index in [0.29, 0.717) is 19.6 Å². The number of benzene rings is 1. The fourth-order valence-corrected chi connectivity index (χ4v) is 3.41. The number of hydrogen-bond acceptors (Lipinski definition) is 8. The van der Waals surface area contributed by atoms with Crippen LogP contribution in [0.1, 0.15) is 64.0 Å². The van der Waals surface area contributed by atoms with Crippen molar-refractivity contribution < 1.29 is 49.3 Å². The van der Waals surface area contributed by atoms with E-state index in [4.69, 9.17) is 24.4 Å². The Bertz CT molecular complexity index is 825. The summed E-state index contributed by atoms with van der Waals surface area (Å²) in [7, 11) is 0. The average molecular weight is 515 g/mol. The van der Waals surface area contributed by atoms with E-state index in [0.717, 1.165) is 37.0 Å². The van der Waals surface area contributed by atoms with E-state index in [2.05, 4.69) is 6.07 Å². The van der Waals surface area contributed by atoms with Gasteiger partial charge in [-0.05, 0) is 64.2 Å². The van der Waals surface area contributed by atoms with E-state index in [9.17, 15) is 24.9 Å². The molecule has 1 aromatic carbocycles. The summed E-state index contributed by atoms with van der Waals surface area (Å²) < 4.78 is 15.8. The molecule has 0 aromatic heterocycles. The first-order valence-electron chi connectivity index (χ1n) is 12.3. The number of aliphatic carboxylic acids is 2. The SMILES string of the molecule is CCCCCOC1O[C@H](C(=O)O)[C@@H](O)[C@H](O)[C@H]1O.Cc1ccc(C)c(OCCCC(C)(C)C(=O)O)c1. The second-order valence-corrected chi connectivity index (χ2v) is 9.72. The molecule has 10 nitrogen and oxygen atoms in total. The van der Waals surface area contributed by atoms with Gasteiger partial charge in [-0.1, -0.05) is 31.9 Å². The molecule has 1 saturated heterocycles. The highest BCUT2D eigenvalue weighted by Crippen LogP contribution is 2.24. The molecule has 5 atom stereocenters. The molecule has 0 aliphatic carbocycles. The van der Waals surface area contributed by atoms with Crippen molar-refractivity contribution in [3.05, 3.63) is 29.3 Å². The predicted octanol–water partition coefficient (Wildman–Crippen LogP) is 2.66. The van der Waals surface area contributed by atoms with Crippen molar-refractivity contribution >= 4 is 11.9 Å². The molecule has 1 unspecified atom stereocenters. The lowest BCUT2D eigenvalue weighted by Crippen LogP contribution is -2.60. The molecular formula is C26H42O10. The number of carbonyl (C=O) groups is 2. The van der Waals surface area contributed by atoms with Gasteiger partial charge in [0.05, 0.1) is 12.0 Å². The molecule has 1 heterocycles. The minimum absolute atomic E-state index is 0.296. The van der Waals surface area contributed by atoms with E-state index < -0.39 is 48.1 Å². The molecular weight excluding hydrogens is 472 g/mol. The van der Waals surface area contributed by atoms with E-state index in [1.54, 1.807) is 13.8 Å². The first-order chi connectivity index (χ1) is 16.8. The van der Waals surface area contributed by atoms with Crippen molar-refractivity contribution in [2.45, 2.75) is 97.4 Å². The highest BCUT2D eigenvalue weighted by atomic mass is 16.7. The molecule has 0 amide bonds. The zero-order valence-corrected chi connectivity index (χ0v) is 21.8. The van der Waals surface area contributed by atoms with Gasteiger partial charge in [0.1, 0.15) is 24.1 Å². The zero-order valence-electron chi connectivity index (χ0n) is 21.8. The molecule has 0 bridgehead atoms. The number of rotatable bonds is 12. The second-order valence-electron chi connectivity index (χ2n) is 9.72. The summed E-state index contributed by atoms with van der Waals surface area (Å²) in [6.07, 6.45) is -3.52. The van der Waals surface area contributed by atoms with Gasteiger partial charge < -0.3 is 39.7 Å². The molecule has 36 heavy (non-hydrogen) atoms. The molecule has 1 fully saturated rings. The minimum atomic E-state index is -1.67. The summed E-state index contributed by atoms with van der Waals surface area (Å²) >= 11 is 0. The number of ether oxygens (including phenoxy) is 3. The van der Waals surface area contributed by atoms with Crippen LogP contribution in [0.15, 0.2) is 18.2 Å². The number of unbranched alkanes of at least 4 members (excludes halogenated alkanes) is 2. The Hall–Kier alpha value is -2.24. The van der Waals surface area contributed by atoms with E-state index in [1.807, 2.05) is 32.9 Å². The molecule has 1 aromatic rings. The van der Waals surface area contributed by atoms with E-state index in [1.165, 1.54) is 5.56 Å². The normalized spacial score (nSPS) is 23.9. The van der Waals surface area contributed by atoms with Gasteiger partial charge in [0.15, 0.2) is 12.4 Å². The van der Waals surface area contributed by atoms with Crippen LogP contribution in [0, 0.1) is 19.3 Å². The van der Waals surface area contributed by atoms with E-state index in [-0.39, 0.29) is 0 Å². The lowest BCUT2D eigenvalue weighted by atomic mass is 9.88. The summed E-state index contributed by atoms with van der Waals surface area (Å²) in [6, 6.07) is 6.10. The van der Waals surface area contributed by atoms with Crippen LogP contribution in [0.2, 0.25) is 0 Å². The molecule has 10 heteroatoms. The van der Waals surface area contributed by atoms with Crippen molar-refractivity contribution in [1.29, 1.82) is 0 Å². The van der Waals surface area contributed by atoms with Crippen molar-refractivity contribution in [1.82, 2.24) is 0 Å². The number of carboxylic acid groups (broad SMARTS) is 2. The summed E-state index contributed by atoms with van der Waals surface area (Å²) in [5, 5.41) is 46.4. The maximum absolute atomic E-state index is 10.9. The number of aliphatic hydroxyl groups is 3. The lowest BCUT2D eigenvalue weighted by molar-refractivity contribution is -0.294. The summed E-state index contributed by atoms with van der Waals surface area (Å²) in [5.41, 5.74) is 1.60. The predicted molar refractivity (Wildman–Crippen MR) is 132 cm³/mol. The van der Waals surface area contributed by atoms with Crippen LogP contribution >= 0.6 is 0 Å². The average Bonchev–Trinajstić information content (AvgIpc) is 2.81. The third-order valence-corrected chi connectivity index (χ3v) is 5.97. The standard InChI is InChI=1S/C15H22O3.C11H20O7/c1-11-6-7-12(2)13(10-11)18-9-5-8-15(3,4)14(16)17;1-2-3-4-5-17-11-8(14)6(12)7(13)9(18-11)10(15)16/h6-7,10H,5,8-9H2,1-4H3,(H,16,17);6-9,11-14H,2-5H2,1H3,(H,15,16)/t;6-,7-,8+,9-,11?/m.0/s1. The Balaban J connectivity index is 0.000000360. The molecule has 2 rings (SSSR count). The van der Waals surface area contributed by atoms with Gasteiger partial charge >= 0.3 is 11.9 Å². The van der Waals surface area contributed by atoms with Crippen LogP contribution in [0.4, 0.5) is 0 Å². The molecule has 0 saturated carbocycles. The van der Waals surface area contributed by atoms with E-state index >= 15 is 0 Å². The van der Waals surface area contributed by atoms with Gasteiger partial charge in [-0.3, -0.25) is 4.79 Å². The maximum atomic E-state index is 10.9. The molecule has 0 spiro atoms. The van der Waals surface area contributed by atoms with Gasteiger partial charge in [0, 0.05) is 6.61 Å². The second kappa shape index (κ2) is 15.1. The summed E-state index contributed by atoms with van der Waals surface area (Å²) in [4.78, 5) is 21.7. The molecule has 0 radical (unpaired) electrons. The molecule has 1 aliphatic heterocycles. The topological polar surface area (TPSA) is 163 Å². The third-order valence-electron chi connectivity index (χ3n) is 5.97. The van der Waals surface area contributed by atoms with Crippen LogP contribution in [0.3, 0.4) is 0 Å². The van der Waals surface area contributed by atoms with Crippen LogP contribution < -0.4 is 4.74 Å². The van der Waals surface area contributed by atoms with Gasteiger partial charge in [-0.15, -0.1) is 0 Å². The maximum Gasteiger partial charge on any atom is 0.335 e. The largest absolute Gasteiger partial charge is 0.493 e. The highest BCUT2D eigenvalue weighted by Gasteiger charge is 2.47. The molecule has 1 aliphatic rings. The summed E-state index contributed by atoms with van der Waals surface area (Å²) in [6.45, 7) is 10.4. The monoisotopic (exact) mass is 514 g/mol. The van der Waals surface area contributed by atoms with Crippen LogP contribution in [-0.2, 0) is 19.1 Å². The number of aliphatic hydroxyl groups excluding tert-OH is 3. The molecule has 206 valence electrons. The van der Waals surface area contributed by atoms with Gasteiger partial charge in [-0.2, -0.15) is 0 Å². The van der Waals surface area contributed by atoms with Crippen molar-refractivity contribution in [3.63, 3.8) is 0 Å². The minimum Gasteiger partial charge on any atom is -0.493 e. The smallest absolute Gasteiger partial charge is 0.335 e. The fraction of sp³-hybridized carbons (Fsp3) is 0.692. The number of hydrogen-bond donors (Lipinski definition) is 5. The number of carboxylic acids is 2. The van der Waals surface area contributed by atoms with Gasteiger partial charge in [0.25, 0.3) is 0 Å². The number of aryl methyl sites for hydroxylation is 2. The Kier molecular flexibility index (Phi) is 13.3. The van der Waals surface area contributed by atoms with Crippen LogP contribution in [0.25, 0.3) is 0 Å². The Labute approximate surface area is 212 Å². The van der Waals surface area contributed by atoms with Crippen molar-refractivity contribution in [2.24, 2.45) is 5.41 Å². The zero-order chi connectivity index (χ0) is 27.5. The highest BCUT2D eigenvalue weighted by molar-refractivity contribution is 5.73. The first kappa shape index (κ1) is 31.8. The van der Waals surface area contributed by atoms with Crippen molar-refractivity contribution in [3.8, 4) is 5.75 Å². The Morgan fingerprint density at radius 3 is 2.22 bits per heavy atom. The third kappa shape index (κ3) is 10.0. The van der Waals surface area contributed by atoms with Gasteiger partial charge in [0.2, 0.25) is 0 Å². The van der Waals surface area contributed by atoms with Gasteiger partial charge in [-0.25, -0.2) is 4.79 Å². The summed E-state index contributed by atoms with van der Waals surface area (Å²) in [5.74, 6) is -1.27. The van der Waals surface area contributed by atoms with Crippen LogP contribution in [-0.4, -0.2) is 81.4 Å². The fourth-order valence-electron chi connectivity index (χ4n) is 3.41. The van der Waals surface area contributed by atoms with Crippen molar-refractivity contribution in [2.75, 3.05) is 13.2 Å². The quantitative estimate of drug-likeness (QED) is 0.262. The Morgan fingerprint density at radius 2 is 1.64 bits per heavy atom. The lowest BCUT2D eigenvalue weighted by Gasteiger charge is -2.38. The first-order valence-corrected chi connectivity index (χ1v) is 12.3. The Morgan fingerprint density at radius 1 is 0.972 bits per heavy atom. The molecule has 5 N–H and O–H groups in total.